The van der Waals surface area contributed by atoms with E-state index in [4.69, 9.17) is 0 Å². The van der Waals surface area contributed by atoms with Gasteiger partial charge in [-0.25, -0.2) is 0 Å². The van der Waals surface area contributed by atoms with Gasteiger partial charge in [-0.1, -0.05) is 97.1 Å². The molecule has 6 rings (SSSR count). The molecule has 0 aliphatic heterocycles. The average molecular weight is 662 g/mol. The van der Waals surface area contributed by atoms with Crippen molar-refractivity contribution < 1.29 is 14.4 Å². The molecule has 0 aliphatic rings. The molecule has 7 heteroatoms. The Morgan fingerprint density at radius 2 is 1.29 bits per heavy atom. The maximum Gasteiger partial charge on any atom is 0.272 e. The first kappa shape index (κ1) is 33.0. The Bertz CT molecular complexity index is 2140. The third kappa shape index (κ3) is 8.33. The highest BCUT2D eigenvalue weighted by Gasteiger charge is 2.23. The lowest BCUT2D eigenvalue weighted by Gasteiger charge is -2.18. The van der Waals surface area contributed by atoms with Crippen molar-refractivity contribution in [3.63, 3.8) is 0 Å². The molecule has 6 nitrogen and oxygen atoms in total. The first-order valence-corrected chi connectivity index (χ1v) is 16.8. The molecule has 242 valence electrons. The number of carbonyl (C=O) groups excluding carboxylic acids is 3. The first-order valence-electron chi connectivity index (χ1n) is 15.9. The van der Waals surface area contributed by atoms with Crippen molar-refractivity contribution in [3.8, 4) is 0 Å². The molecule has 0 spiro atoms. The zero-order valence-electron chi connectivity index (χ0n) is 27.1. The summed E-state index contributed by atoms with van der Waals surface area (Å²) in [6.45, 7) is 4.06. The Hall–Kier alpha value is -5.92. The third-order valence-electron chi connectivity index (χ3n) is 8.13. The van der Waals surface area contributed by atoms with Crippen LogP contribution < -0.4 is 16.0 Å². The molecule has 0 saturated heterocycles. The van der Waals surface area contributed by atoms with E-state index >= 15 is 0 Å². The molecule has 1 unspecified atom stereocenters. The number of aryl methyl sites for hydroxylation is 2. The molecule has 49 heavy (non-hydrogen) atoms. The minimum Gasteiger partial charge on any atom is -0.325 e. The summed E-state index contributed by atoms with van der Waals surface area (Å²) in [4.78, 5) is 41.3. The van der Waals surface area contributed by atoms with Crippen molar-refractivity contribution in [2.45, 2.75) is 24.0 Å². The fraction of sp³-hybridized carbons (Fsp3) is 0.0714. The van der Waals surface area contributed by atoms with Crippen molar-refractivity contribution in [2.24, 2.45) is 0 Å². The van der Waals surface area contributed by atoms with Crippen LogP contribution in [0, 0.1) is 13.8 Å². The van der Waals surface area contributed by atoms with E-state index in [2.05, 4.69) is 16.0 Å². The molecule has 0 heterocycles. The van der Waals surface area contributed by atoms with E-state index in [9.17, 15) is 14.4 Å². The van der Waals surface area contributed by atoms with E-state index in [-0.39, 0.29) is 17.5 Å². The summed E-state index contributed by atoms with van der Waals surface area (Å²) in [6.07, 6.45) is 1.70. The van der Waals surface area contributed by atoms with Crippen molar-refractivity contribution >= 4 is 57.7 Å². The molecular formula is C42H35N3O3S. The van der Waals surface area contributed by atoms with E-state index in [1.165, 1.54) is 11.8 Å². The zero-order valence-corrected chi connectivity index (χ0v) is 28.0. The van der Waals surface area contributed by atoms with Crippen LogP contribution in [0.1, 0.15) is 37.9 Å². The average Bonchev–Trinajstić information content (AvgIpc) is 3.13. The second-order valence-corrected chi connectivity index (χ2v) is 12.8. The molecule has 6 aromatic rings. The lowest BCUT2D eigenvalue weighted by molar-refractivity contribution is -0.116. The van der Waals surface area contributed by atoms with E-state index in [1.807, 2.05) is 123 Å². The SMILES string of the molecule is Cc1ccc(NC(=O)C(Sc2ccc(NC(=O)/C(=C/c3cccc4ccccc34)NC(=O)c3ccccc3)cc2)c2ccccc2)cc1C. The van der Waals surface area contributed by atoms with Gasteiger partial charge in [0.2, 0.25) is 5.91 Å². The standard InChI is InChI=1S/C42H35N3O3S/c1-28-20-21-35(26-29(28)2)44-42(48)39(31-13-5-3-6-14-31)49-36-24-22-34(23-25-36)43-41(47)38(45-40(46)32-15-7-4-8-16-32)27-33-18-11-17-30-12-9-10-19-37(30)33/h3-27,39H,1-2H3,(H,43,47)(H,44,48)(H,45,46)/b38-27-. The molecule has 0 radical (unpaired) electrons. The lowest BCUT2D eigenvalue weighted by Crippen LogP contribution is -2.30. The minimum atomic E-state index is -0.508. The predicted octanol–water partition coefficient (Wildman–Crippen LogP) is 9.34. The number of thioether (sulfide) groups is 1. The van der Waals surface area contributed by atoms with Crippen LogP contribution in [-0.4, -0.2) is 17.7 Å². The molecule has 0 aromatic heterocycles. The summed E-state index contributed by atoms with van der Waals surface area (Å²) in [5.41, 5.74) is 5.79. The van der Waals surface area contributed by atoms with E-state index in [0.717, 1.165) is 43.6 Å². The van der Waals surface area contributed by atoms with Crippen LogP contribution in [0.2, 0.25) is 0 Å². The Balaban J connectivity index is 1.22. The summed E-state index contributed by atoms with van der Waals surface area (Å²) >= 11 is 1.43. The summed E-state index contributed by atoms with van der Waals surface area (Å²) < 4.78 is 0. The second kappa shape index (κ2) is 15.3. The molecule has 0 aliphatic carbocycles. The number of hydrogen-bond donors (Lipinski definition) is 3. The zero-order chi connectivity index (χ0) is 34.2. The number of hydrogen-bond acceptors (Lipinski definition) is 4. The van der Waals surface area contributed by atoms with Crippen LogP contribution >= 0.6 is 11.8 Å². The Morgan fingerprint density at radius 3 is 2.02 bits per heavy atom. The highest BCUT2D eigenvalue weighted by atomic mass is 32.2. The van der Waals surface area contributed by atoms with Gasteiger partial charge in [0.05, 0.1) is 0 Å². The summed E-state index contributed by atoms with van der Waals surface area (Å²) in [6, 6.07) is 45.4. The largest absolute Gasteiger partial charge is 0.325 e. The first-order chi connectivity index (χ1) is 23.8. The third-order valence-corrected chi connectivity index (χ3v) is 9.40. The van der Waals surface area contributed by atoms with Gasteiger partial charge in [-0.05, 0) is 101 Å². The number of benzene rings is 6. The van der Waals surface area contributed by atoms with Crippen molar-refractivity contribution in [1.82, 2.24) is 5.32 Å². The topological polar surface area (TPSA) is 87.3 Å². The molecule has 3 amide bonds. The molecule has 0 saturated carbocycles. The van der Waals surface area contributed by atoms with Crippen molar-refractivity contribution in [2.75, 3.05) is 10.6 Å². The quantitative estimate of drug-likeness (QED) is 0.101. The Morgan fingerprint density at radius 1 is 0.633 bits per heavy atom. The van der Waals surface area contributed by atoms with Crippen LogP contribution in [0.3, 0.4) is 0 Å². The fourth-order valence-corrected chi connectivity index (χ4v) is 6.38. The van der Waals surface area contributed by atoms with Crippen LogP contribution in [0.25, 0.3) is 16.8 Å². The maximum absolute atomic E-state index is 13.7. The molecule has 3 N–H and O–H groups in total. The van der Waals surface area contributed by atoms with Gasteiger partial charge in [0, 0.05) is 21.8 Å². The van der Waals surface area contributed by atoms with Crippen LogP contribution in [0.5, 0.6) is 0 Å². The molecule has 1 atom stereocenters. The van der Waals surface area contributed by atoms with E-state index < -0.39 is 11.2 Å². The van der Waals surface area contributed by atoms with E-state index in [1.54, 1.807) is 42.5 Å². The summed E-state index contributed by atoms with van der Waals surface area (Å²) in [5, 5.41) is 10.3. The number of carbonyl (C=O) groups is 3. The van der Waals surface area contributed by atoms with Gasteiger partial charge in [-0.2, -0.15) is 0 Å². The van der Waals surface area contributed by atoms with Gasteiger partial charge in [0.1, 0.15) is 10.9 Å². The van der Waals surface area contributed by atoms with Crippen molar-refractivity contribution in [3.05, 3.63) is 179 Å². The molecule has 0 bridgehead atoms. The monoisotopic (exact) mass is 661 g/mol. The highest BCUT2D eigenvalue weighted by Crippen LogP contribution is 2.37. The van der Waals surface area contributed by atoms with Crippen LogP contribution in [0.15, 0.2) is 156 Å². The van der Waals surface area contributed by atoms with Crippen LogP contribution in [-0.2, 0) is 9.59 Å². The van der Waals surface area contributed by atoms with Gasteiger partial charge >= 0.3 is 0 Å². The van der Waals surface area contributed by atoms with Crippen LogP contribution in [0.4, 0.5) is 11.4 Å². The van der Waals surface area contributed by atoms with Gasteiger partial charge < -0.3 is 16.0 Å². The minimum absolute atomic E-state index is 0.107. The molecule has 0 fully saturated rings. The second-order valence-electron chi connectivity index (χ2n) is 11.6. The van der Waals surface area contributed by atoms with Gasteiger partial charge in [0.25, 0.3) is 11.8 Å². The maximum atomic E-state index is 13.7. The number of rotatable bonds is 10. The lowest BCUT2D eigenvalue weighted by atomic mass is 10.0. The number of nitrogens with one attached hydrogen (secondary N) is 3. The Labute approximate surface area is 290 Å². The number of amides is 3. The highest BCUT2D eigenvalue weighted by molar-refractivity contribution is 8.00. The van der Waals surface area contributed by atoms with Gasteiger partial charge in [-0.15, -0.1) is 11.8 Å². The van der Waals surface area contributed by atoms with Gasteiger partial charge in [0.15, 0.2) is 0 Å². The predicted molar refractivity (Wildman–Crippen MR) is 200 cm³/mol. The van der Waals surface area contributed by atoms with E-state index in [0.29, 0.717) is 11.3 Å². The Kier molecular flexibility index (Phi) is 10.3. The molecule has 6 aromatic carbocycles. The number of fused-ring (bicyclic) bond motifs is 1. The van der Waals surface area contributed by atoms with Gasteiger partial charge in [-0.3, -0.25) is 14.4 Å². The smallest absolute Gasteiger partial charge is 0.272 e. The molecular weight excluding hydrogens is 627 g/mol. The fourth-order valence-electron chi connectivity index (χ4n) is 5.35. The summed E-state index contributed by atoms with van der Waals surface area (Å²) in [7, 11) is 0. The van der Waals surface area contributed by atoms with Crippen molar-refractivity contribution in [1.29, 1.82) is 0 Å². The summed E-state index contributed by atoms with van der Waals surface area (Å²) in [5.74, 6) is -0.984. The normalized spacial score (nSPS) is 11.8. The number of anilines is 2.